The summed E-state index contributed by atoms with van der Waals surface area (Å²) in [5.74, 6) is 3.38. The van der Waals surface area contributed by atoms with E-state index in [4.69, 9.17) is 0 Å². The van der Waals surface area contributed by atoms with Crippen molar-refractivity contribution in [3.63, 3.8) is 0 Å². The second kappa shape index (κ2) is 4.27. The van der Waals surface area contributed by atoms with Gasteiger partial charge in [0.05, 0.1) is 5.56 Å². The van der Waals surface area contributed by atoms with Crippen LogP contribution >= 0.6 is 0 Å². The predicted octanol–water partition coefficient (Wildman–Crippen LogP) is 3.77. The monoisotopic (exact) mass is 240 g/mol. The first-order chi connectivity index (χ1) is 7.96. The van der Waals surface area contributed by atoms with E-state index in [1.54, 1.807) is 6.07 Å². The molecule has 0 aliphatic heterocycles. The van der Waals surface area contributed by atoms with Crippen LogP contribution in [0.1, 0.15) is 5.56 Å². The Balaban J connectivity index is 2.54. The summed E-state index contributed by atoms with van der Waals surface area (Å²) in [4.78, 5) is 0. The molecule has 0 saturated heterocycles. The molecular formula is C15H16OSi. The second-order valence-corrected chi connectivity index (χ2v) is 9.97. The Morgan fingerprint density at radius 2 is 1.59 bits per heavy atom. The summed E-state index contributed by atoms with van der Waals surface area (Å²) in [6.07, 6.45) is 0. The highest BCUT2D eigenvalue weighted by molar-refractivity contribution is 6.83. The van der Waals surface area contributed by atoms with Gasteiger partial charge in [0.2, 0.25) is 0 Å². The topological polar surface area (TPSA) is 20.2 Å². The molecule has 0 radical (unpaired) electrons. The number of benzene rings is 2. The molecule has 0 fully saturated rings. The molecule has 2 aromatic carbocycles. The highest BCUT2D eigenvalue weighted by Crippen LogP contribution is 2.24. The molecule has 0 aliphatic rings. The number of phenols is 1. The molecule has 0 amide bonds. The van der Waals surface area contributed by atoms with E-state index in [0.29, 0.717) is 0 Å². The minimum Gasteiger partial charge on any atom is -0.507 e. The third-order valence-corrected chi connectivity index (χ3v) is 3.31. The van der Waals surface area contributed by atoms with Gasteiger partial charge in [0, 0.05) is 0 Å². The van der Waals surface area contributed by atoms with E-state index < -0.39 is 8.07 Å². The Bertz CT molecular complexity index is 612. The van der Waals surface area contributed by atoms with Crippen molar-refractivity contribution < 1.29 is 5.11 Å². The number of phenolic OH excluding ortho intramolecular Hbond substituents is 1. The molecule has 86 valence electrons. The Morgan fingerprint density at radius 1 is 1.00 bits per heavy atom. The minimum atomic E-state index is -1.40. The van der Waals surface area contributed by atoms with Gasteiger partial charge in [-0.2, -0.15) is 0 Å². The van der Waals surface area contributed by atoms with Crippen LogP contribution < -0.4 is 0 Å². The van der Waals surface area contributed by atoms with Gasteiger partial charge in [-0.25, -0.2) is 0 Å². The van der Waals surface area contributed by atoms with E-state index in [1.807, 2.05) is 30.3 Å². The number of hydrogen-bond donors (Lipinski definition) is 1. The van der Waals surface area contributed by atoms with Crippen LogP contribution in [0.2, 0.25) is 19.6 Å². The van der Waals surface area contributed by atoms with Crippen molar-refractivity contribution in [3.8, 4) is 17.2 Å². The van der Waals surface area contributed by atoms with E-state index in [2.05, 4.69) is 31.1 Å². The van der Waals surface area contributed by atoms with Crippen LogP contribution in [-0.4, -0.2) is 13.2 Å². The van der Waals surface area contributed by atoms with Gasteiger partial charge >= 0.3 is 0 Å². The van der Waals surface area contributed by atoms with Gasteiger partial charge in [0.25, 0.3) is 0 Å². The molecule has 0 saturated carbocycles. The lowest BCUT2D eigenvalue weighted by atomic mass is 10.1. The molecule has 2 heteroatoms. The normalized spacial score (nSPS) is 11.0. The average Bonchev–Trinajstić information content (AvgIpc) is 2.25. The van der Waals surface area contributed by atoms with Crippen LogP contribution in [-0.2, 0) is 0 Å². The highest BCUT2D eigenvalue weighted by atomic mass is 28.3. The van der Waals surface area contributed by atoms with Crippen molar-refractivity contribution in [2.45, 2.75) is 19.6 Å². The first-order valence-corrected chi connectivity index (χ1v) is 9.21. The first kappa shape index (κ1) is 11.8. The molecule has 0 aliphatic carbocycles. The van der Waals surface area contributed by atoms with Crippen molar-refractivity contribution >= 4 is 18.8 Å². The summed E-state index contributed by atoms with van der Waals surface area (Å²) in [6, 6.07) is 11.7. The quantitative estimate of drug-likeness (QED) is 0.549. The van der Waals surface area contributed by atoms with Crippen molar-refractivity contribution in [2.75, 3.05) is 0 Å². The zero-order valence-corrected chi connectivity index (χ0v) is 11.4. The largest absolute Gasteiger partial charge is 0.507 e. The van der Waals surface area contributed by atoms with Crippen molar-refractivity contribution in [2.24, 2.45) is 0 Å². The Morgan fingerprint density at radius 3 is 2.18 bits per heavy atom. The zero-order valence-electron chi connectivity index (χ0n) is 10.4. The summed E-state index contributed by atoms with van der Waals surface area (Å²) in [7, 11) is -1.40. The molecule has 0 aromatic heterocycles. The average molecular weight is 240 g/mol. The summed E-state index contributed by atoms with van der Waals surface area (Å²) >= 11 is 0. The molecule has 0 unspecified atom stereocenters. The molecule has 0 atom stereocenters. The molecule has 1 N–H and O–H groups in total. The number of fused-ring (bicyclic) bond motifs is 1. The molecular weight excluding hydrogens is 224 g/mol. The van der Waals surface area contributed by atoms with Crippen LogP contribution in [0.25, 0.3) is 10.8 Å². The van der Waals surface area contributed by atoms with Crippen molar-refractivity contribution in [1.82, 2.24) is 0 Å². The Labute approximate surface area is 103 Å². The molecule has 2 aromatic rings. The van der Waals surface area contributed by atoms with E-state index >= 15 is 0 Å². The fourth-order valence-corrected chi connectivity index (χ4v) is 2.09. The Hall–Kier alpha value is -1.72. The van der Waals surface area contributed by atoms with Gasteiger partial charge in [0.1, 0.15) is 13.8 Å². The van der Waals surface area contributed by atoms with Crippen LogP contribution in [0.4, 0.5) is 0 Å². The summed E-state index contributed by atoms with van der Waals surface area (Å²) < 4.78 is 0. The van der Waals surface area contributed by atoms with E-state index in [-0.39, 0.29) is 5.75 Å². The maximum Gasteiger partial charge on any atom is 0.131 e. The smallest absolute Gasteiger partial charge is 0.131 e. The highest BCUT2D eigenvalue weighted by Gasteiger charge is 2.08. The van der Waals surface area contributed by atoms with E-state index in [0.717, 1.165) is 16.3 Å². The minimum absolute atomic E-state index is 0.273. The second-order valence-electron chi connectivity index (χ2n) is 5.22. The van der Waals surface area contributed by atoms with E-state index in [1.165, 1.54) is 0 Å². The van der Waals surface area contributed by atoms with Crippen LogP contribution in [0.5, 0.6) is 5.75 Å². The third-order valence-electron chi connectivity index (χ3n) is 2.44. The number of hydrogen-bond acceptors (Lipinski definition) is 1. The van der Waals surface area contributed by atoms with Crippen LogP contribution in [0.3, 0.4) is 0 Å². The van der Waals surface area contributed by atoms with E-state index in [9.17, 15) is 5.11 Å². The van der Waals surface area contributed by atoms with Gasteiger partial charge < -0.3 is 5.11 Å². The van der Waals surface area contributed by atoms with Gasteiger partial charge in [-0.15, -0.1) is 5.54 Å². The van der Waals surface area contributed by atoms with Gasteiger partial charge in [-0.1, -0.05) is 49.8 Å². The molecule has 1 nitrogen and oxygen atoms in total. The molecule has 0 bridgehead atoms. The summed E-state index contributed by atoms with van der Waals surface area (Å²) in [6.45, 7) is 6.58. The lowest BCUT2D eigenvalue weighted by molar-refractivity contribution is 0.474. The maximum atomic E-state index is 9.92. The summed E-state index contributed by atoms with van der Waals surface area (Å²) in [5.41, 5.74) is 4.00. The van der Waals surface area contributed by atoms with Crippen LogP contribution in [0.15, 0.2) is 36.4 Å². The fourth-order valence-electron chi connectivity index (χ4n) is 1.58. The lowest BCUT2D eigenvalue weighted by Crippen LogP contribution is -2.16. The standard InChI is InChI=1S/C15H16OSi/c1-17(2,3)9-8-14-10-12-6-4-5-7-13(12)11-15(14)16/h4-7,10-11,16H,1-3H3. The molecule has 2 rings (SSSR count). The number of rotatable bonds is 0. The molecule has 0 heterocycles. The maximum absolute atomic E-state index is 9.92. The number of aromatic hydroxyl groups is 1. The predicted molar refractivity (Wildman–Crippen MR) is 75.8 cm³/mol. The summed E-state index contributed by atoms with van der Waals surface area (Å²) in [5, 5.41) is 12.1. The van der Waals surface area contributed by atoms with Gasteiger partial charge in [-0.3, -0.25) is 0 Å². The lowest BCUT2D eigenvalue weighted by Gasteiger charge is -2.05. The SMILES string of the molecule is C[Si](C)(C)C#Cc1cc2ccccc2cc1O. The first-order valence-electron chi connectivity index (χ1n) is 5.71. The van der Waals surface area contributed by atoms with Crippen molar-refractivity contribution in [1.29, 1.82) is 0 Å². The van der Waals surface area contributed by atoms with Gasteiger partial charge in [-0.05, 0) is 22.9 Å². The third kappa shape index (κ3) is 2.89. The van der Waals surface area contributed by atoms with Crippen molar-refractivity contribution in [3.05, 3.63) is 42.0 Å². The zero-order chi connectivity index (χ0) is 12.5. The fraction of sp³-hybridized carbons (Fsp3) is 0.200. The molecule has 0 spiro atoms. The van der Waals surface area contributed by atoms with Gasteiger partial charge in [0.15, 0.2) is 0 Å². The van der Waals surface area contributed by atoms with Crippen LogP contribution in [0, 0.1) is 11.5 Å². The molecule has 17 heavy (non-hydrogen) atoms. The Kier molecular flexibility index (Phi) is 2.95.